The molecule has 0 spiro atoms. The highest BCUT2D eigenvalue weighted by atomic mass is 16.1. The molecule has 0 saturated carbocycles. The fraction of sp³-hybridized carbons (Fsp3) is 0.375. The highest BCUT2D eigenvalue weighted by Crippen LogP contribution is 2.22. The standard InChI is InChI=1S/C24H28N4O2/c1-17-12-20(15-27(2)24(17)30)23-26-21(22(29)9-8-18-10-11-25-13-18)16-28(23)14-19-6-4-3-5-7-19/h3-7,12,15-16,18,25H,8-11,13-14H2,1-2H3. The molecular formula is C24H28N4O2. The molecule has 1 aliphatic rings. The van der Waals surface area contributed by atoms with E-state index in [1.165, 1.54) is 0 Å². The van der Waals surface area contributed by atoms with Gasteiger partial charge < -0.3 is 14.5 Å². The first-order chi connectivity index (χ1) is 14.5. The van der Waals surface area contributed by atoms with Crippen LogP contribution in [0.4, 0.5) is 0 Å². The average molecular weight is 405 g/mol. The van der Waals surface area contributed by atoms with Gasteiger partial charge in [0.2, 0.25) is 0 Å². The molecule has 1 saturated heterocycles. The molecule has 2 aromatic heterocycles. The predicted molar refractivity (Wildman–Crippen MR) is 118 cm³/mol. The zero-order chi connectivity index (χ0) is 21.1. The third-order valence-electron chi connectivity index (χ3n) is 5.82. The van der Waals surface area contributed by atoms with Crippen molar-refractivity contribution < 1.29 is 4.79 Å². The lowest BCUT2D eigenvalue weighted by molar-refractivity contribution is 0.0970. The molecular weight excluding hydrogens is 376 g/mol. The maximum absolute atomic E-state index is 12.9. The Labute approximate surface area is 176 Å². The van der Waals surface area contributed by atoms with Crippen molar-refractivity contribution in [1.29, 1.82) is 0 Å². The first-order valence-electron chi connectivity index (χ1n) is 10.5. The van der Waals surface area contributed by atoms with E-state index in [0.29, 0.717) is 36.0 Å². The van der Waals surface area contributed by atoms with Crippen LogP contribution in [0.3, 0.4) is 0 Å². The zero-order valence-electron chi connectivity index (χ0n) is 17.6. The molecule has 4 rings (SSSR count). The van der Waals surface area contributed by atoms with Crippen molar-refractivity contribution in [2.45, 2.75) is 32.7 Å². The van der Waals surface area contributed by atoms with Gasteiger partial charge in [-0.15, -0.1) is 0 Å². The van der Waals surface area contributed by atoms with Gasteiger partial charge in [-0.3, -0.25) is 9.59 Å². The van der Waals surface area contributed by atoms with E-state index in [1.807, 2.05) is 35.0 Å². The molecule has 1 aliphatic heterocycles. The highest BCUT2D eigenvalue weighted by molar-refractivity contribution is 5.94. The molecule has 1 N–H and O–H groups in total. The number of hydrogen-bond donors (Lipinski definition) is 1. The van der Waals surface area contributed by atoms with Gasteiger partial charge in [-0.25, -0.2) is 4.98 Å². The summed E-state index contributed by atoms with van der Waals surface area (Å²) in [6.45, 7) is 4.46. The van der Waals surface area contributed by atoms with E-state index in [9.17, 15) is 9.59 Å². The smallest absolute Gasteiger partial charge is 0.253 e. The Morgan fingerprint density at radius 1 is 1.23 bits per heavy atom. The van der Waals surface area contributed by atoms with E-state index >= 15 is 0 Å². The molecule has 3 heterocycles. The van der Waals surface area contributed by atoms with Crippen molar-refractivity contribution >= 4 is 5.78 Å². The van der Waals surface area contributed by atoms with Crippen LogP contribution in [-0.4, -0.2) is 33.0 Å². The van der Waals surface area contributed by atoms with Gasteiger partial charge >= 0.3 is 0 Å². The van der Waals surface area contributed by atoms with E-state index in [0.717, 1.165) is 37.1 Å². The van der Waals surface area contributed by atoms with Crippen molar-refractivity contribution in [3.8, 4) is 11.4 Å². The van der Waals surface area contributed by atoms with Gasteiger partial charge in [-0.05, 0) is 50.4 Å². The number of nitrogens with zero attached hydrogens (tertiary/aromatic N) is 3. The van der Waals surface area contributed by atoms with E-state index < -0.39 is 0 Å². The molecule has 0 bridgehead atoms. The first-order valence-corrected chi connectivity index (χ1v) is 10.5. The summed E-state index contributed by atoms with van der Waals surface area (Å²) in [6, 6.07) is 12.0. The molecule has 0 aliphatic carbocycles. The van der Waals surface area contributed by atoms with Gasteiger partial charge in [-0.1, -0.05) is 30.3 Å². The third-order valence-corrected chi connectivity index (χ3v) is 5.82. The summed E-state index contributed by atoms with van der Waals surface area (Å²) in [6.07, 6.45) is 6.19. The lowest BCUT2D eigenvalue weighted by Gasteiger charge is -2.10. The van der Waals surface area contributed by atoms with Crippen LogP contribution in [0.1, 0.15) is 40.9 Å². The van der Waals surface area contributed by atoms with Crippen molar-refractivity contribution in [3.63, 3.8) is 0 Å². The second kappa shape index (κ2) is 8.79. The number of hydrogen-bond acceptors (Lipinski definition) is 4. The van der Waals surface area contributed by atoms with Crippen LogP contribution in [-0.2, 0) is 13.6 Å². The minimum Gasteiger partial charge on any atom is -0.326 e. The summed E-state index contributed by atoms with van der Waals surface area (Å²) in [4.78, 5) is 29.7. The molecule has 1 unspecified atom stereocenters. The molecule has 6 heteroatoms. The number of nitrogens with one attached hydrogen (secondary N) is 1. The zero-order valence-corrected chi connectivity index (χ0v) is 17.6. The number of rotatable bonds is 7. The number of carbonyl (C=O) groups excluding carboxylic acids is 1. The minimum absolute atomic E-state index is 0.0265. The topological polar surface area (TPSA) is 68.9 Å². The fourth-order valence-corrected chi connectivity index (χ4v) is 4.11. The van der Waals surface area contributed by atoms with Crippen molar-refractivity contribution in [2.75, 3.05) is 13.1 Å². The van der Waals surface area contributed by atoms with Gasteiger partial charge in [0.25, 0.3) is 5.56 Å². The largest absolute Gasteiger partial charge is 0.326 e. The number of Topliss-reactive ketones (excluding diaryl/α,β-unsaturated/α-hetero) is 1. The van der Waals surface area contributed by atoms with E-state index in [4.69, 9.17) is 4.98 Å². The number of imidazole rings is 1. The Morgan fingerprint density at radius 2 is 2.03 bits per heavy atom. The number of pyridine rings is 1. The van der Waals surface area contributed by atoms with Gasteiger partial charge in [0.15, 0.2) is 5.78 Å². The van der Waals surface area contributed by atoms with Gasteiger partial charge in [0, 0.05) is 43.5 Å². The van der Waals surface area contributed by atoms with Crippen LogP contribution in [0, 0.1) is 12.8 Å². The van der Waals surface area contributed by atoms with E-state index in [1.54, 1.807) is 24.7 Å². The molecule has 1 fully saturated rings. The fourth-order valence-electron chi connectivity index (χ4n) is 4.11. The summed E-state index contributed by atoms with van der Waals surface area (Å²) in [7, 11) is 1.74. The molecule has 30 heavy (non-hydrogen) atoms. The Hall–Kier alpha value is -2.99. The van der Waals surface area contributed by atoms with Crippen LogP contribution < -0.4 is 10.9 Å². The molecule has 3 aromatic rings. The number of aromatic nitrogens is 3. The van der Waals surface area contributed by atoms with Gasteiger partial charge in [0.05, 0.1) is 0 Å². The lowest BCUT2D eigenvalue weighted by atomic mass is 10.0. The van der Waals surface area contributed by atoms with Crippen LogP contribution in [0.5, 0.6) is 0 Å². The van der Waals surface area contributed by atoms with Crippen LogP contribution in [0.15, 0.2) is 53.6 Å². The molecule has 0 radical (unpaired) electrons. The Kier molecular flexibility index (Phi) is 5.95. The van der Waals surface area contributed by atoms with E-state index in [2.05, 4.69) is 17.4 Å². The van der Waals surface area contributed by atoms with Crippen LogP contribution >= 0.6 is 0 Å². The van der Waals surface area contributed by atoms with Crippen molar-refractivity contribution in [2.24, 2.45) is 13.0 Å². The molecule has 1 atom stereocenters. The predicted octanol–water partition coefficient (Wildman–Crippen LogP) is 3.18. The van der Waals surface area contributed by atoms with Crippen LogP contribution in [0.2, 0.25) is 0 Å². The minimum atomic E-state index is -0.0265. The Bertz CT molecular complexity index is 1070. The molecule has 156 valence electrons. The average Bonchev–Trinajstić information content (AvgIpc) is 3.41. The third kappa shape index (κ3) is 4.44. The summed E-state index contributed by atoms with van der Waals surface area (Å²) >= 11 is 0. The van der Waals surface area contributed by atoms with Crippen molar-refractivity contribution in [3.05, 3.63) is 76.0 Å². The maximum atomic E-state index is 12.9. The van der Waals surface area contributed by atoms with Crippen LogP contribution in [0.25, 0.3) is 11.4 Å². The summed E-state index contributed by atoms with van der Waals surface area (Å²) in [5.74, 6) is 1.37. The van der Waals surface area contributed by atoms with Gasteiger partial charge in [-0.2, -0.15) is 0 Å². The number of benzene rings is 1. The second-order valence-corrected chi connectivity index (χ2v) is 8.21. The summed E-state index contributed by atoms with van der Waals surface area (Å²) < 4.78 is 3.58. The Morgan fingerprint density at radius 3 is 2.73 bits per heavy atom. The Balaban J connectivity index is 1.66. The molecule has 0 amide bonds. The SMILES string of the molecule is Cc1cc(-c2nc(C(=O)CCC3CCNC3)cn2Cc2ccccc2)cn(C)c1=O. The second-order valence-electron chi connectivity index (χ2n) is 8.21. The quantitative estimate of drug-likeness (QED) is 0.614. The maximum Gasteiger partial charge on any atom is 0.253 e. The summed E-state index contributed by atoms with van der Waals surface area (Å²) in [5.41, 5.74) is 3.10. The number of aryl methyl sites for hydroxylation is 2. The first kappa shape index (κ1) is 20.3. The summed E-state index contributed by atoms with van der Waals surface area (Å²) in [5, 5.41) is 3.35. The van der Waals surface area contributed by atoms with Gasteiger partial charge in [0.1, 0.15) is 11.5 Å². The highest BCUT2D eigenvalue weighted by Gasteiger charge is 2.20. The van der Waals surface area contributed by atoms with E-state index in [-0.39, 0.29) is 11.3 Å². The molecule has 1 aromatic carbocycles. The monoisotopic (exact) mass is 404 g/mol. The number of ketones is 1. The normalized spacial score (nSPS) is 16.1. The molecule has 6 nitrogen and oxygen atoms in total. The lowest BCUT2D eigenvalue weighted by Crippen LogP contribution is -2.18. The number of carbonyl (C=O) groups is 1. The van der Waals surface area contributed by atoms with Crippen molar-refractivity contribution in [1.82, 2.24) is 19.4 Å².